The summed E-state index contributed by atoms with van der Waals surface area (Å²) in [6.07, 6.45) is 0.0181. The lowest BCUT2D eigenvalue weighted by Gasteiger charge is -2.15. The highest BCUT2D eigenvalue weighted by Crippen LogP contribution is 2.18. The van der Waals surface area contributed by atoms with Gasteiger partial charge in [0.2, 0.25) is 5.91 Å². The van der Waals surface area contributed by atoms with Crippen LogP contribution >= 0.6 is 11.8 Å². The number of rotatable bonds is 12. The first-order valence-corrected chi connectivity index (χ1v) is 13.3. The Bertz CT molecular complexity index is 1260. The van der Waals surface area contributed by atoms with E-state index in [1.165, 1.54) is 17.3 Å². The van der Waals surface area contributed by atoms with Gasteiger partial charge in [0.05, 0.1) is 24.0 Å². The van der Waals surface area contributed by atoms with Gasteiger partial charge in [-0.2, -0.15) is 0 Å². The van der Waals surface area contributed by atoms with E-state index in [0.717, 1.165) is 6.42 Å². The summed E-state index contributed by atoms with van der Waals surface area (Å²) >= 11 is 1.21. The van der Waals surface area contributed by atoms with Crippen molar-refractivity contribution in [2.75, 3.05) is 11.1 Å². The van der Waals surface area contributed by atoms with Gasteiger partial charge in [0, 0.05) is 12.7 Å². The van der Waals surface area contributed by atoms with Gasteiger partial charge in [0.1, 0.15) is 5.75 Å². The summed E-state index contributed by atoms with van der Waals surface area (Å²) in [6.45, 7) is 7.47. The van der Waals surface area contributed by atoms with Gasteiger partial charge >= 0.3 is 5.97 Å². The van der Waals surface area contributed by atoms with Gasteiger partial charge in [-0.3, -0.25) is 9.59 Å². The Morgan fingerprint density at radius 3 is 2.47 bits per heavy atom. The summed E-state index contributed by atoms with van der Waals surface area (Å²) in [7, 11) is 1.76. The third-order valence-corrected chi connectivity index (χ3v) is 6.44. The molecular formula is C27H33N5O5S. The molecule has 0 spiro atoms. The lowest BCUT2D eigenvalue weighted by molar-refractivity contribution is -0.127. The number of thioether (sulfide) groups is 1. The summed E-state index contributed by atoms with van der Waals surface area (Å²) in [6, 6.07) is 14.2. The SMILES string of the molecule is CCc1ccc(OC(C)C(=O)NCc2nnc(SCC(=O)Nc3cccc(C(=O)OC(C)C)c3)n2C)cc1. The molecular weight excluding hydrogens is 506 g/mol. The Morgan fingerprint density at radius 2 is 1.79 bits per heavy atom. The molecule has 11 heteroatoms. The fraction of sp³-hybridized carbons (Fsp3) is 0.370. The average molecular weight is 540 g/mol. The Balaban J connectivity index is 1.47. The van der Waals surface area contributed by atoms with E-state index < -0.39 is 12.1 Å². The van der Waals surface area contributed by atoms with E-state index in [9.17, 15) is 14.4 Å². The molecule has 0 saturated carbocycles. The minimum Gasteiger partial charge on any atom is -0.481 e. The number of esters is 1. The van der Waals surface area contributed by atoms with Crippen molar-refractivity contribution in [3.63, 3.8) is 0 Å². The van der Waals surface area contributed by atoms with Crippen LogP contribution in [-0.2, 0) is 34.3 Å². The van der Waals surface area contributed by atoms with Gasteiger partial charge in [0.25, 0.3) is 5.91 Å². The summed E-state index contributed by atoms with van der Waals surface area (Å²) < 4.78 is 12.6. The summed E-state index contributed by atoms with van der Waals surface area (Å²) in [5.41, 5.74) is 2.05. The molecule has 0 radical (unpaired) electrons. The molecule has 0 fully saturated rings. The van der Waals surface area contributed by atoms with Crippen molar-refractivity contribution in [2.24, 2.45) is 7.05 Å². The number of amides is 2. The van der Waals surface area contributed by atoms with Crippen molar-refractivity contribution in [3.8, 4) is 5.75 Å². The minimum absolute atomic E-state index is 0.0840. The predicted molar refractivity (Wildman–Crippen MR) is 145 cm³/mol. The lowest BCUT2D eigenvalue weighted by atomic mass is 10.2. The summed E-state index contributed by atoms with van der Waals surface area (Å²) in [5, 5.41) is 14.3. The fourth-order valence-electron chi connectivity index (χ4n) is 3.33. The van der Waals surface area contributed by atoms with Crippen molar-refractivity contribution in [3.05, 3.63) is 65.5 Å². The molecule has 2 amide bonds. The topological polar surface area (TPSA) is 124 Å². The van der Waals surface area contributed by atoms with E-state index >= 15 is 0 Å². The van der Waals surface area contributed by atoms with Crippen LogP contribution in [0.1, 0.15) is 49.4 Å². The maximum absolute atomic E-state index is 12.5. The highest BCUT2D eigenvalue weighted by Gasteiger charge is 2.17. The van der Waals surface area contributed by atoms with Crippen LogP contribution in [0.4, 0.5) is 5.69 Å². The number of nitrogens with one attached hydrogen (secondary N) is 2. The van der Waals surface area contributed by atoms with E-state index in [0.29, 0.717) is 28.0 Å². The van der Waals surface area contributed by atoms with Gasteiger partial charge < -0.3 is 24.7 Å². The van der Waals surface area contributed by atoms with Crippen molar-refractivity contribution in [1.29, 1.82) is 0 Å². The van der Waals surface area contributed by atoms with Crippen LogP contribution < -0.4 is 15.4 Å². The minimum atomic E-state index is -0.682. The first-order chi connectivity index (χ1) is 18.2. The molecule has 0 bridgehead atoms. The molecule has 0 aliphatic rings. The second-order valence-electron chi connectivity index (χ2n) is 8.80. The van der Waals surface area contributed by atoms with Gasteiger partial charge in [-0.1, -0.05) is 36.9 Å². The number of carbonyl (C=O) groups excluding carboxylic acids is 3. The average Bonchev–Trinajstić information content (AvgIpc) is 3.25. The van der Waals surface area contributed by atoms with Crippen LogP contribution in [0.3, 0.4) is 0 Å². The number of benzene rings is 2. The van der Waals surface area contributed by atoms with Gasteiger partial charge in [0.15, 0.2) is 17.1 Å². The van der Waals surface area contributed by atoms with Crippen LogP contribution in [0.2, 0.25) is 0 Å². The zero-order valence-corrected chi connectivity index (χ0v) is 23.0. The first kappa shape index (κ1) is 28.7. The van der Waals surface area contributed by atoms with Gasteiger partial charge in [-0.05, 0) is 63.1 Å². The number of carbonyl (C=O) groups is 3. The monoisotopic (exact) mass is 539 g/mol. The quantitative estimate of drug-likeness (QED) is 0.263. The van der Waals surface area contributed by atoms with Crippen molar-refractivity contribution >= 4 is 35.2 Å². The fourth-order valence-corrected chi connectivity index (χ4v) is 4.06. The molecule has 3 aromatic rings. The molecule has 2 aromatic carbocycles. The van der Waals surface area contributed by atoms with Crippen LogP contribution in [0, 0.1) is 0 Å². The number of hydrogen-bond donors (Lipinski definition) is 2. The Hall–Kier alpha value is -3.86. The molecule has 2 N–H and O–H groups in total. The highest BCUT2D eigenvalue weighted by molar-refractivity contribution is 7.99. The molecule has 3 rings (SSSR count). The standard InChI is InChI=1S/C27H33N5O5S/c1-6-19-10-12-22(13-11-19)37-18(4)25(34)28-15-23-30-31-27(32(23)5)38-16-24(33)29-21-9-7-8-20(14-21)26(35)36-17(2)3/h7-14,17-18H,6,15-16H2,1-5H3,(H,28,34)(H,29,33). The largest absolute Gasteiger partial charge is 0.481 e. The molecule has 1 unspecified atom stereocenters. The first-order valence-electron chi connectivity index (χ1n) is 12.3. The van der Waals surface area contributed by atoms with Crippen LogP contribution in [-0.4, -0.2) is 50.5 Å². The van der Waals surface area contributed by atoms with E-state index in [-0.39, 0.29) is 30.2 Å². The maximum Gasteiger partial charge on any atom is 0.338 e. The highest BCUT2D eigenvalue weighted by atomic mass is 32.2. The van der Waals surface area contributed by atoms with Gasteiger partial charge in [-0.25, -0.2) is 4.79 Å². The third kappa shape index (κ3) is 8.34. The molecule has 1 atom stereocenters. The summed E-state index contributed by atoms with van der Waals surface area (Å²) in [5.74, 6) is 0.261. The van der Waals surface area contributed by atoms with Crippen LogP contribution in [0.25, 0.3) is 0 Å². The summed E-state index contributed by atoms with van der Waals surface area (Å²) in [4.78, 5) is 37.0. The third-order valence-electron chi connectivity index (χ3n) is 5.42. The smallest absolute Gasteiger partial charge is 0.338 e. The van der Waals surface area contributed by atoms with Crippen molar-refractivity contribution in [2.45, 2.75) is 58.0 Å². The zero-order chi connectivity index (χ0) is 27.7. The molecule has 202 valence electrons. The van der Waals surface area contributed by atoms with Crippen molar-refractivity contribution < 1.29 is 23.9 Å². The molecule has 0 saturated heterocycles. The molecule has 38 heavy (non-hydrogen) atoms. The zero-order valence-electron chi connectivity index (χ0n) is 22.2. The van der Waals surface area contributed by atoms with Crippen LogP contribution in [0.5, 0.6) is 5.75 Å². The Labute approximate surface area is 226 Å². The maximum atomic E-state index is 12.5. The number of hydrogen-bond acceptors (Lipinski definition) is 8. The molecule has 10 nitrogen and oxygen atoms in total. The molecule has 1 heterocycles. The van der Waals surface area contributed by atoms with E-state index in [4.69, 9.17) is 9.47 Å². The second-order valence-corrected chi connectivity index (χ2v) is 9.75. The second kappa shape index (κ2) is 13.6. The van der Waals surface area contributed by atoms with Crippen molar-refractivity contribution in [1.82, 2.24) is 20.1 Å². The number of anilines is 1. The predicted octanol–water partition coefficient (Wildman–Crippen LogP) is 3.76. The van der Waals surface area contributed by atoms with Gasteiger partial charge in [-0.15, -0.1) is 10.2 Å². The number of aryl methyl sites for hydroxylation is 1. The van der Waals surface area contributed by atoms with E-state index in [1.54, 1.807) is 56.7 Å². The Morgan fingerprint density at radius 1 is 1.05 bits per heavy atom. The number of nitrogens with zero attached hydrogens (tertiary/aromatic N) is 3. The van der Waals surface area contributed by atoms with E-state index in [1.807, 2.05) is 24.3 Å². The Kier molecular flexibility index (Phi) is 10.3. The molecule has 0 aliphatic carbocycles. The normalized spacial score (nSPS) is 11.6. The van der Waals surface area contributed by atoms with Crippen LogP contribution in [0.15, 0.2) is 53.7 Å². The molecule has 0 aliphatic heterocycles. The lowest BCUT2D eigenvalue weighted by Crippen LogP contribution is -2.36. The number of ether oxygens (including phenoxy) is 2. The molecule has 1 aromatic heterocycles. The number of aromatic nitrogens is 3. The van der Waals surface area contributed by atoms with E-state index in [2.05, 4.69) is 27.8 Å².